The number of hydrogen-bond donors (Lipinski definition) is 1. The second-order valence-electron chi connectivity index (χ2n) is 4.26. The third-order valence-electron chi connectivity index (χ3n) is 2.73. The number of benzene rings is 2. The van der Waals surface area contributed by atoms with E-state index in [-0.39, 0.29) is 6.04 Å². The third kappa shape index (κ3) is 3.25. The highest BCUT2D eigenvalue weighted by atomic mass is 35.5. The molecule has 0 saturated carbocycles. The highest BCUT2D eigenvalue weighted by Crippen LogP contribution is 2.26. The van der Waals surface area contributed by atoms with Crippen molar-refractivity contribution in [1.29, 1.82) is 0 Å². The lowest BCUT2D eigenvalue weighted by Gasteiger charge is -2.14. The SMILES string of the molecule is Cc1ccc(Cl)c(OCC(N)c2ccccc2)c1. The maximum absolute atomic E-state index is 6.06. The monoisotopic (exact) mass is 261 g/mol. The molecule has 2 rings (SSSR count). The number of aryl methyl sites for hydroxylation is 1. The first-order chi connectivity index (χ1) is 8.66. The van der Waals surface area contributed by atoms with Gasteiger partial charge in [0, 0.05) is 0 Å². The van der Waals surface area contributed by atoms with Gasteiger partial charge in [0.25, 0.3) is 0 Å². The normalized spacial score (nSPS) is 12.2. The molecule has 0 bridgehead atoms. The molecule has 0 radical (unpaired) electrons. The van der Waals surface area contributed by atoms with Gasteiger partial charge in [-0.15, -0.1) is 0 Å². The van der Waals surface area contributed by atoms with Crippen LogP contribution in [0.25, 0.3) is 0 Å². The van der Waals surface area contributed by atoms with Gasteiger partial charge in [0.15, 0.2) is 0 Å². The summed E-state index contributed by atoms with van der Waals surface area (Å²) in [6, 6.07) is 15.4. The zero-order chi connectivity index (χ0) is 13.0. The van der Waals surface area contributed by atoms with E-state index in [0.717, 1.165) is 11.1 Å². The predicted molar refractivity (Wildman–Crippen MR) is 75.1 cm³/mol. The Hall–Kier alpha value is -1.51. The van der Waals surface area contributed by atoms with Crippen LogP contribution < -0.4 is 10.5 Å². The molecule has 3 heteroatoms. The van der Waals surface area contributed by atoms with Crippen LogP contribution in [0.2, 0.25) is 5.02 Å². The minimum Gasteiger partial charge on any atom is -0.490 e. The Kier molecular flexibility index (Phi) is 4.24. The molecule has 2 aromatic rings. The van der Waals surface area contributed by atoms with E-state index in [1.807, 2.05) is 55.5 Å². The second-order valence-corrected chi connectivity index (χ2v) is 4.67. The smallest absolute Gasteiger partial charge is 0.138 e. The molecule has 1 atom stereocenters. The van der Waals surface area contributed by atoms with E-state index in [1.54, 1.807) is 0 Å². The lowest BCUT2D eigenvalue weighted by atomic mass is 10.1. The third-order valence-corrected chi connectivity index (χ3v) is 3.05. The summed E-state index contributed by atoms with van der Waals surface area (Å²) >= 11 is 6.06. The Labute approximate surface area is 112 Å². The molecule has 0 heterocycles. The first-order valence-corrected chi connectivity index (χ1v) is 6.24. The van der Waals surface area contributed by atoms with Crippen molar-refractivity contribution in [3.8, 4) is 5.75 Å². The number of rotatable bonds is 4. The fourth-order valence-corrected chi connectivity index (χ4v) is 1.87. The number of hydrogen-bond acceptors (Lipinski definition) is 2. The second kappa shape index (κ2) is 5.89. The van der Waals surface area contributed by atoms with E-state index < -0.39 is 0 Å². The van der Waals surface area contributed by atoms with Gasteiger partial charge in [-0.3, -0.25) is 0 Å². The van der Waals surface area contributed by atoms with Crippen molar-refractivity contribution in [3.05, 3.63) is 64.7 Å². The number of ether oxygens (including phenoxy) is 1. The van der Waals surface area contributed by atoms with E-state index in [9.17, 15) is 0 Å². The van der Waals surface area contributed by atoms with Crippen molar-refractivity contribution in [2.45, 2.75) is 13.0 Å². The average molecular weight is 262 g/mol. The first-order valence-electron chi connectivity index (χ1n) is 5.86. The summed E-state index contributed by atoms with van der Waals surface area (Å²) in [4.78, 5) is 0. The van der Waals surface area contributed by atoms with Gasteiger partial charge in [-0.25, -0.2) is 0 Å². The predicted octanol–water partition coefficient (Wildman–Crippen LogP) is 3.73. The van der Waals surface area contributed by atoms with Crippen LogP contribution in [0.3, 0.4) is 0 Å². The van der Waals surface area contributed by atoms with Crippen LogP contribution in [0, 0.1) is 6.92 Å². The molecule has 0 aromatic heterocycles. The van der Waals surface area contributed by atoms with Gasteiger partial charge in [0.2, 0.25) is 0 Å². The summed E-state index contributed by atoms with van der Waals surface area (Å²) in [7, 11) is 0. The highest BCUT2D eigenvalue weighted by Gasteiger charge is 2.08. The van der Waals surface area contributed by atoms with Crippen molar-refractivity contribution in [1.82, 2.24) is 0 Å². The molecule has 0 fully saturated rings. The standard InChI is InChI=1S/C15H16ClNO/c1-11-7-8-13(16)15(9-11)18-10-14(17)12-5-3-2-4-6-12/h2-9,14H,10,17H2,1H3. The van der Waals surface area contributed by atoms with E-state index in [0.29, 0.717) is 17.4 Å². The van der Waals surface area contributed by atoms with E-state index in [4.69, 9.17) is 22.1 Å². The Morgan fingerprint density at radius 2 is 1.89 bits per heavy atom. The minimum atomic E-state index is -0.150. The molecule has 0 aliphatic rings. The van der Waals surface area contributed by atoms with Crippen molar-refractivity contribution < 1.29 is 4.74 Å². The summed E-state index contributed by atoms with van der Waals surface area (Å²) in [5, 5.41) is 0.612. The zero-order valence-corrected chi connectivity index (χ0v) is 11.0. The van der Waals surface area contributed by atoms with Crippen LogP contribution in [0.5, 0.6) is 5.75 Å². The van der Waals surface area contributed by atoms with Crippen LogP contribution in [-0.4, -0.2) is 6.61 Å². The quantitative estimate of drug-likeness (QED) is 0.910. The molecular weight excluding hydrogens is 246 g/mol. The topological polar surface area (TPSA) is 35.2 Å². The summed E-state index contributed by atoms with van der Waals surface area (Å²) < 4.78 is 5.68. The van der Waals surface area contributed by atoms with Crippen molar-refractivity contribution in [2.75, 3.05) is 6.61 Å². The molecule has 0 saturated heterocycles. The number of halogens is 1. The first kappa shape index (κ1) is 12.9. The Balaban J connectivity index is 2.01. The van der Waals surface area contributed by atoms with E-state index in [2.05, 4.69) is 0 Å². The van der Waals surface area contributed by atoms with Crippen molar-refractivity contribution >= 4 is 11.6 Å². The molecule has 0 spiro atoms. The maximum Gasteiger partial charge on any atom is 0.138 e. The average Bonchev–Trinajstić information content (AvgIpc) is 2.40. The molecule has 2 aromatic carbocycles. The fraction of sp³-hybridized carbons (Fsp3) is 0.200. The highest BCUT2D eigenvalue weighted by molar-refractivity contribution is 6.32. The zero-order valence-electron chi connectivity index (χ0n) is 10.3. The lowest BCUT2D eigenvalue weighted by Crippen LogP contribution is -2.19. The molecule has 18 heavy (non-hydrogen) atoms. The van der Waals surface area contributed by atoms with Gasteiger partial charge in [-0.2, -0.15) is 0 Å². The van der Waals surface area contributed by atoms with Crippen LogP contribution in [-0.2, 0) is 0 Å². The Morgan fingerprint density at radius 1 is 1.17 bits per heavy atom. The van der Waals surface area contributed by atoms with Crippen molar-refractivity contribution in [3.63, 3.8) is 0 Å². The van der Waals surface area contributed by atoms with Gasteiger partial charge in [0.1, 0.15) is 12.4 Å². The molecule has 0 aliphatic carbocycles. The van der Waals surface area contributed by atoms with Crippen molar-refractivity contribution in [2.24, 2.45) is 5.73 Å². The van der Waals surface area contributed by atoms with Crippen LogP contribution >= 0.6 is 11.6 Å². The summed E-state index contributed by atoms with van der Waals surface area (Å²) in [6.45, 7) is 2.41. The molecule has 1 unspecified atom stereocenters. The van der Waals surface area contributed by atoms with Gasteiger partial charge in [0.05, 0.1) is 11.1 Å². The molecule has 0 aliphatic heterocycles. The van der Waals surface area contributed by atoms with Gasteiger partial charge >= 0.3 is 0 Å². The lowest BCUT2D eigenvalue weighted by molar-refractivity contribution is 0.290. The summed E-state index contributed by atoms with van der Waals surface area (Å²) in [5.41, 5.74) is 8.23. The van der Waals surface area contributed by atoms with Crippen LogP contribution in [0.15, 0.2) is 48.5 Å². The Bertz CT molecular complexity index is 513. The molecule has 0 amide bonds. The van der Waals surface area contributed by atoms with Gasteiger partial charge in [-0.1, -0.05) is 48.0 Å². The fourth-order valence-electron chi connectivity index (χ4n) is 1.70. The minimum absolute atomic E-state index is 0.150. The summed E-state index contributed by atoms with van der Waals surface area (Å²) in [5.74, 6) is 0.683. The van der Waals surface area contributed by atoms with Crippen LogP contribution in [0.1, 0.15) is 17.2 Å². The molecular formula is C15H16ClNO. The molecule has 2 N–H and O–H groups in total. The van der Waals surface area contributed by atoms with Gasteiger partial charge < -0.3 is 10.5 Å². The molecule has 94 valence electrons. The maximum atomic E-state index is 6.06. The summed E-state index contributed by atoms with van der Waals surface area (Å²) in [6.07, 6.45) is 0. The molecule has 2 nitrogen and oxygen atoms in total. The van der Waals surface area contributed by atoms with E-state index >= 15 is 0 Å². The van der Waals surface area contributed by atoms with Gasteiger partial charge in [-0.05, 0) is 30.2 Å². The number of nitrogens with two attached hydrogens (primary N) is 1. The van der Waals surface area contributed by atoms with E-state index in [1.165, 1.54) is 0 Å². The van der Waals surface area contributed by atoms with Crippen LogP contribution in [0.4, 0.5) is 0 Å². The Morgan fingerprint density at radius 3 is 2.61 bits per heavy atom. The largest absolute Gasteiger partial charge is 0.490 e.